The molecule has 1 aromatic rings. The van der Waals surface area contributed by atoms with E-state index >= 15 is 0 Å². The van der Waals surface area contributed by atoms with Crippen LogP contribution in [0.1, 0.15) is 26.3 Å². The maximum Gasteiger partial charge on any atom is 0.318 e. The van der Waals surface area contributed by atoms with E-state index in [0.717, 1.165) is 11.3 Å². The van der Waals surface area contributed by atoms with Gasteiger partial charge in [0.1, 0.15) is 17.9 Å². The molecule has 0 aromatic heterocycles. The number of hydrogen-bond donors (Lipinski definition) is 1. The minimum absolute atomic E-state index is 0.0332. The van der Waals surface area contributed by atoms with E-state index in [-0.39, 0.29) is 11.1 Å². The Morgan fingerprint density at radius 2 is 2.04 bits per heavy atom. The second-order valence-electron chi connectivity index (χ2n) is 8.33. The predicted octanol–water partition coefficient (Wildman–Crippen LogP) is 3.32. The third-order valence-corrected chi connectivity index (χ3v) is 10.1. The molecule has 2 amide bonds. The average Bonchev–Trinajstić information content (AvgIpc) is 3.00. The van der Waals surface area contributed by atoms with Crippen LogP contribution in [0, 0.1) is 0 Å². The quantitative estimate of drug-likeness (QED) is 0.849. The van der Waals surface area contributed by atoms with Crippen LogP contribution in [-0.4, -0.2) is 45.6 Å². The lowest BCUT2D eigenvalue weighted by Crippen LogP contribution is -2.43. The first kappa shape index (κ1) is 17.3. The molecule has 2 aliphatic heterocycles. The smallest absolute Gasteiger partial charge is 0.318 e. The first-order chi connectivity index (χ1) is 11.1. The number of fused-ring (bicyclic) bond motifs is 2. The number of rotatable bonds is 4. The van der Waals surface area contributed by atoms with Gasteiger partial charge in [0, 0.05) is 12.1 Å². The maximum atomic E-state index is 12.4. The Balaban J connectivity index is 1.63. The fraction of sp³-hybridized carbons (Fsp3) is 0.611. The summed E-state index contributed by atoms with van der Waals surface area (Å²) < 4.78 is 12.0. The van der Waals surface area contributed by atoms with Gasteiger partial charge in [-0.2, -0.15) is 0 Å². The number of ether oxygens (including phenoxy) is 1. The average molecular weight is 349 g/mol. The maximum absolute atomic E-state index is 12.4. The molecule has 2 heterocycles. The lowest BCUT2D eigenvalue weighted by Gasteiger charge is -2.36. The van der Waals surface area contributed by atoms with Gasteiger partial charge in [0.15, 0.2) is 8.32 Å². The fourth-order valence-electron chi connectivity index (χ4n) is 3.03. The Hall–Kier alpha value is -1.53. The zero-order valence-corrected chi connectivity index (χ0v) is 16.3. The summed E-state index contributed by atoms with van der Waals surface area (Å²) in [6.45, 7) is 13.5. The van der Waals surface area contributed by atoms with Crippen molar-refractivity contribution in [1.82, 2.24) is 10.2 Å². The molecule has 132 valence electrons. The van der Waals surface area contributed by atoms with E-state index in [0.29, 0.717) is 26.3 Å². The van der Waals surface area contributed by atoms with E-state index in [1.165, 1.54) is 0 Å². The molecule has 1 spiro atoms. The number of benzene rings is 1. The standard InChI is InChI=1S/C18H28N2O3Si/c1-17(2,3)24(4,5)23-11-10-20-12-18(19-16(20)21)13-22-15-9-7-6-8-14(15)18/h6-9H,10-13H2,1-5H3,(H,19,21). The van der Waals surface area contributed by atoms with Crippen LogP contribution in [0.4, 0.5) is 4.79 Å². The molecule has 5 nitrogen and oxygen atoms in total. The van der Waals surface area contributed by atoms with Crippen molar-refractivity contribution in [3.8, 4) is 5.75 Å². The van der Waals surface area contributed by atoms with Crippen molar-refractivity contribution < 1.29 is 14.0 Å². The highest BCUT2D eigenvalue weighted by Crippen LogP contribution is 2.40. The zero-order valence-electron chi connectivity index (χ0n) is 15.3. The molecule has 6 heteroatoms. The third-order valence-electron chi connectivity index (χ3n) is 5.60. The zero-order chi connectivity index (χ0) is 17.6. The molecule has 1 N–H and O–H groups in total. The molecule has 1 saturated heterocycles. The van der Waals surface area contributed by atoms with E-state index in [1.54, 1.807) is 0 Å². The summed E-state index contributed by atoms with van der Waals surface area (Å²) in [6, 6.07) is 7.91. The molecular formula is C18H28N2O3Si. The normalized spacial score (nSPS) is 23.4. The van der Waals surface area contributed by atoms with E-state index in [2.05, 4.69) is 39.2 Å². The van der Waals surface area contributed by atoms with Gasteiger partial charge < -0.3 is 19.4 Å². The molecule has 2 aliphatic rings. The topological polar surface area (TPSA) is 50.8 Å². The van der Waals surface area contributed by atoms with Crippen LogP contribution in [0.2, 0.25) is 18.1 Å². The Bertz CT molecular complexity index is 641. The molecule has 24 heavy (non-hydrogen) atoms. The number of hydrogen-bond acceptors (Lipinski definition) is 3. The van der Waals surface area contributed by atoms with Crippen molar-refractivity contribution >= 4 is 14.3 Å². The van der Waals surface area contributed by atoms with Crippen LogP contribution in [0.25, 0.3) is 0 Å². The lowest BCUT2D eigenvalue weighted by molar-refractivity contribution is 0.194. The second kappa shape index (κ2) is 5.77. The Morgan fingerprint density at radius 1 is 1.33 bits per heavy atom. The molecule has 0 radical (unpaired) electrons. The highest BCUT2D eigenvalue weighted by molar-refractivity contribution is 6.74. The monoisotopic (exact) mass is 348 g/mol. The first-order valence-electron chi connectivity index (χ1n) is 8.58. The van der Waals surface area contributed by atoms with Crippen LogP contribution in [0.15, 0.2) is 24.3 Å². The van der Waals surface area contributed by atoms with Gasteiger partial charge in [0.25, 0.3) is 0 Å². The van der Waals surface area contributed by atoms with Crippen molar-refractivity contribution in [2.24, 2.45) is 0 Å². The number of para-hydroxylation sites is 1. The number of carbonyl (C=O) groups excluding carboxylic acids is 1. The number of urea groups is 1. The Labute approximate surface area is 145 Å². The van der Waals surface area contributed by atoms with Gasteiger partial charge >= 0.3 is 6.03 Å². The summed E-state index contributed by atoms with van der Waals surface area (Å²) in [7, 11) is -1.78. The summed E-state index contributed by atoms with van der Waals surface area (Å²) in [4.78, 5) is 14.3. The van der Waals surface area contributed by atoms with Gasteiger partial charge in [0.05, 0.1) is 13.2 Å². The van der Waals surface area contributed by atoms with Gasteiger partial charge in [-0.25, -0.2) is 4.79 Å². The van der Waals surface area contributed by atoms with E-state index < -0.39 is 13.9 Å². The molecule has 1 aromatic carbocycles. The molecule has 0 bridgehead atoms. The Kier molecular flexibility index (Phi) is 4.16. The predicted molar refractivity (Wildman–Crippen MR) is 96.9 cm³/mol. The SMILES string of the molecule is CC(C)(C)[Si](C)(C)OCCN1CC2(COc3ccccc32)NC1=O. The van der Waals surface area contributed by atoms with Crippen molar-refractivity contribution in [1.29, 1.82) is 0 Å². The van der Waals surface area contributed by atoms with Gasteiger partial charge in [-0.1, -0.05) is 39.0 Å². The Morgan fingerprint density at radius 3 is 2.75 bits per heavy atom. The minimum Gasteiger partial charge on any atom is -0.490 e. The fourth-order valence-corrected chi connectivity index (χ4v) is 4.06. The first-order valence-corrected chi connectivity index (χ1v) is 11.5. The van der Waals surface area contributed by atoms with Crippen LogP contribution in [0.5, 0.6) is 5.75 Å². The van der Waals surface area contributed by atoms with Crippen molar-refractivity contribution in [2.75, 3.05) is 26.3 Å². The highest BCUT2D eigenvalue weighted by atomic mass is 28.4. The number of nitrogens with zero attached hydrogens (tertiary/aromatic N) is 1. The van der Waals surface area contributed by atoms with Gasteiger partial charge in [-0.15, -0.1) is 0 Å². The number of nitrogens with one attached hydrogen (secondary N) is 1. The molecule has 3 rings (SSSR count). The van der Waals surface area contributed by atoms with Crippen molar-refractivity contribution in [2.45, 2.75) is 44.4 Å². The van der Waals surface area contributed by atoms with Crippen LogP contribution in [0.3, 0.4) is 0 Å². The van der Waals surface area contributed by atoms with Crippen LogP contribution in [-0.2, 0) is 9.96 Å². The van der Waals surface area contributed by atoms with E-state index in [1.807, 2.05) is 29.2 Å². The van der Waals surface area contributed by atoms with E-state index in [4.69, 9.17) is 9.16 Å². The van der Waals surface area contributed by atoms with Crippen molar-refractivity contribution in [3.63, 3.8) is 0 Å². The van der Waals surface area contributed by atoms with Crippen LogP contribution >= 0.6 is 0 Å². The van der Waals surface area contributed by atoms with E-state index in [9.17, 15) is 4.79 Å². The van der Waals surface area contributed by atoms with Gasteiger partial charge in [-0.05, 0) is 24.2 Å². The molecule has 0 saturated carbocycles. The third kappa shape index (κ3) is 2.93. The molecule has 1 fully saturated rings. The van der Waals surface area contributed by atoms with Crippen molar-refractivity contribution in [3.05, 3.63) is 29.8 Å². The summed E-state index contributed by atoms with van der Waals surface area (Å²) in [5.74, 6) is 0.872. The number of amides is 2. The molecule has 0 aliphatic carbocycles. The number of carbonyl (C=O) groups is 1. The summed E-state index contributed by atoms with van der Waals surface area (Å²) in [5.41, 5.74) is 0.663. The summed E-state index contributed by atoms with van der Waals surface area (Å²) >= 11 is 0. The highest BCUT2D eigenvalue weighted by Gasteiger charge is 2.49. The molecular weight excluding hydrogens is 320 g/mol. The minimum atomic E-state index is -1.78. The lowest BCUT2D eigenvalue weighted by atomic mass is 9.93. The largest absolute Gasteiger partial charge is 0.490 e. The van der Waals surface area contributed by atoms with Gasteiger partial charge in [0.2, 0.25) is 0 Å². The molecule has 1 atom stereocenters. The molecule has 1 unspecified atom stereocenters. The summed E-state index contributed by atoms with van der Waals surface area (Å²) in [5, 5.41) is 3.31. The van der Waals surface area contributed by atoms with Crippen LogP contribution < -0.4 is 10.1 Å². The second-order valence-corrected chi connectivity index (χ2v) is 13.1. The van der Waals surface area contributed by atoms with Gasteiger partial charge in [-0.3, -0.25) is 0 Å². The summed E-state index contributed by atoms with van der Waals surface area (Å²) in [6.07, 6.45) is 0.